The van der Waals surface area contributed by atoms with Gasteiger partial charge in [0.25, 0.3) is 0 Å². The number of cyclic esters (lactones) is 1. The largest absolute Gasteiger partial charge is 0.460 e. The van der Waals surface area contributed by atoms with Gasteiger partial charge < -0.3 is 31.1 Å². The lowest BCUT2D eigenvalue weighted by atomic mass is 9.88. The number of nitrogens with two attached hydrogens (primary N) is 1. The standard InChI is InChI=1S/C24H38N4O7/c1-6-7-8-9-10-14(2)21-16(4)23(33)26-15(3)11-12-18(30)28(5)13-17(29)27-19(24(34)35-21)20(31)22(25)32/h11-12,14,16,19-21,31H,3,6-10,13H2,1-2,4-5H3,(H2,25,32)(H,26,33)(H,27,29)/b12-11+/t14-,16+,19+,20+,21?/m1/s1. The fourth-order valence-corrected chi connectivity index (χ4v) is 3.68. The third-order valence-electron chi connectivity index (χ3n) is 5.88. The lowest BCUT2D eigenvalue weighted by molar-refractivity contribution is -0.165. The predicted molar refractivity (Wildman–Crippen MR) is 128 cm³/mol. The van der Waals surface area contributed by atoms with Crippen LogP contribution in [0.3, 0.4) is 0 Å². The molecule has 0 fully saturated rings. The first-order valence-corrected chi connectivity index (χ1v) is 11.8. The summed E-state index contributed by atoms with van der Waals surface area (Å²) in [5.74, 6) is -5.37. The molecule has 0 aromatic carbocycles. The van der Waals surface area contributed by atoms with Gasteiger partial charge in [0.1, 0.15) is 6.10 Å². The van der Waals surface area contributed by atoms with E-state index in [4.69, 9.17) is 10.5 Å². The van der Waals surface area contributed by atoms with Gasteiger partial charge in [-0.3, -0.25) is 19.2 Å². The van der Waals surface area contributed by atoms with Crippen LogP contribution in [0.15, 0.2) is 24.4 Å². The number of aliphatic hydroxyl groups is 1. The van der Waals surface area contributed by atoms with Crippen LogP contribution in [0.2, 0.25) is 0 Å². The highest BCUT2D eigenvalue weighted by atomic mass is 16.5. The highest BCUT2D eigenvalue weighted by molar-refractivity contribution is 5.95. The molecule has 1 aliphatic rings. The summed E-state index contributed by atoms with van der Waals surface area (Å²) >= 11 is 0. The zero-order valence-corrected chi connectivity index (χ0v) is 20.9. The average molecular weight is 495 g/mol. The van der Waals surface area contributed by atoms with Crippen molar-refractivity contribution in [2.45, 2.75) is 71.1 Å². The summed E-state index contributed by atoms with van der Waals surface area (Å²) in [5, 5.41) is 15.0. The molecule has 35 heavy (non-hydrogen) atoms. The minimum atomic E-state index is -2.08. The second-order valence-electron chi connectivity index (χ2n) is 8.95. The first kappa shape index (κ1) is 29.8. The summed E-state index contributed by atoms with van der Waals surface area (Å²) < 4.78 is 5.63. The second kappa shape index (κ2) is 14.2. The molecule has 1 aliphatic heterocycles. The van der Waals surface area contributed by atoms with Crippen molar-refractivity contribution in [2.24, 2.45) is 17.6 Å². The van der Waals surface area contributed by atoms with Crippen molar-refractivity contribution in [2.75, 3.05) is 13.6 Å². The molecule has 1 rings (SSSR count). The van der Waals surface area contributed by atoms with Crippen LogP contribution in [0.5, 0.6) is 0 Å². The van der Waals surface area contributed by atoms with Gasteiger partial charge in [0, 0.05) is 18.8 Å². The Labute approximate surface area is 206 Å². The van der Waals surface area contributed by atoms with Crippen LogP contribution in [-0.2, 0) is 28.7 Å². The van der Waals surface area contributed by atoms with Gasteiger partial charge in [-0.1, -0.05) is 53.0 Å². The van der Waals surface area contributed by atoms with Crippen molar-refractivity contribution in [3.05, 3.63) is 24.4 Å². The third-order valence-corrected chi connectivity index (χ3v) is 5.88. The summed E-state index contributed by atoms with van der Waals surface area (Å²) in [6.07, 6.45) is 4.00. The molecule has 196 valence electrons. The van der Waals surface area contributed by atoms with E-state index >= 15 is 0 Å². The van der Waals surface area contributed by atoms with E-state index in [1.807, 2.05) is 6.92 Å². The molecule has 0 aromatic rings. The van der Waals surface area contributed by atoms with Gasteiger partial charge in [-0.2, -0.15) is 0 Å². The van der Waals surface area contributed by atoms with Crippen molar-refractivity contribution < 1.29 is 33.8 Å². The van der Waals surface area contributed by atoms with Crippen LogP contribution in [0.4, 0.5) is 0 Å². The number of carbonyl (C=O) groups is 5. The maximum atomic E-state index is 13.1. The van der Waals surface area contributed by atoms with Crippen molar-refractivity contribution in [1.29, 1.82) is 0 Å². The number of allylic oxidation sites excluding steroid dienone is 1. The number of likely N-dealkylation sites (N-methyl/N-ethyl adjacent to an activating group) is 1. The SMILES string of the molecule is C=C1/C=C/C(=O)N(C)CC(=O)N[C@@H]([C@H](O)C(N)=O)C(=O)OC([C@H](C)CCCCCC)[C@H](C)C(=O)N1. The number of carbonyl (C=O) groups excluding carboxylic acids is 5. The third kappa shape index (κ3) is 9.51. The van der Waals surface area contributed by atoms with Gasteiger partial charge >= 0.3 is 5.97 Å². The number of nitrogens with one attached hydrogen (secondary N) is 2. The van der Waals surface area contributed by atoms with Crippen molar-refractivity contribution in [3.8, 4) is 0 Å². The minimum Gasteiger partial charge on any atom is -0.460 e. The number of ether oxygens (including phenoxy) is 1. The van der Waals surface area contributed by atoms with Crippen molar-refractivity contribution in [1.82, 2.24) is 15.5 Å². The van der Waals surface area contributed by atoms with Gasteiger partial charge in [-0.05, 0) is 18.4 Å². The molecule has 0 aliphatic carbocycles. The first-order chi connectivity index (χ1) is 16.4. The number of nitrogens with zero attached hydrogens (tertiary/aromatic N) is 1. The molecule has 0 radical (unpaired) electrons. The van der Waals surface area contributed by atoms with Gasteiger partial charge in [0.15, 0.2) is 12.1 Å². The number of primary amides is 1. The molecule has 1 unspecified atom stereocenters. The summed E-state index contributed by atoms with van der Waals surface area (Å²) in [6, 6.07) is -1.82. The highest BCUT2D eigenvalue weighted by Gasteiger charge is 2.39. The van der Waals surface area contributed by atoms with Crippen molar-refractivity contribution in [3.63, 3.8) is 0 Å². The Morgan fingerprint density at radius 1 is 1.26 bits per heavy atom. The van der Waals surface area contributed by atoms with Gasteiger partial charge in [0.05, 0.1) is 12.5 Å². The average Bonchev–Trinajstić information content (AvgIpc) is 2.80. The highest BCUT2D eigenvalue weighted by Crippen LogP contribution is 2.24. The summed E-state index contributed by atoms with van der Waals surface area (Å²) in [7, 11) is 1.34. The Morgan fingerprint density at radius 2 is 1.91 bits per heavy atom. The zero-order chi connectivity index (χ0) is 26.7. The molecule has 11 heteroatoms. The molecule has 4 amide bonds. The Morgan fingerprint density at radius 3 is 2.51 bits per heavy atom. The van der Waals surface area contributed by atoms with Crippen LogP contribution in [0.1, 0.15) is 52.9 Å². The normalized spacial score (nSPS) is 25.5. The second-order valence-corrected chi connectivity index (χ2v) is 8.95. The predicted octanol–water partition coefficient (Wildman–Crippen LogP) is 0.130. The number of amides is 4. The maximum Gasteiger partial charge on any atom is 0.332 e. The van der Waals surface area contributed by atoms with Gasteiger partial charge in [-0.15, -0.1) is 0 Å². The number of hydrogen-bond acceptors (Lipinski definition) is 7. The fourth-order valence-electron chi connectivity index (χ4n) is 3.68. The van der Waals surface area contributed by atoms with Gasteiger partial charge in [0.2, 0.25) is 23.6 Å². The number of rotatable bonds is 8. The summed E-state index contributed by atoms with van der Waals surface area (Å²) in [6.45, 7) is 8.72. The van der Waals surface area contributed by atoms with Crippen LogP contribution in [0.25, 0.3) is 0 Å². The lowest BCUT2D eigenvalue weighted by Crippen LogP contribution is -2.57. The Balaban J connectivity index is 3.33. The molecular formula is C24H38N4O7. The molecule has 0 saturated heterocycles. The number of esters is 1. The minimum absolute atomic E-state index is 0.144. The fraction of sp³-hybridized carbons (Fsp3) is 0.625. The van der Waals surface area contributed by atoms with Crippen LogP contribution in [-0.4, -0.2) is 71.4 Å². The van der Waals surface area contributed by atoms with Crippen LogP contribution < -0.4 is 16.4 Å². The Hall–Kier alpha value is -3.21. The smallest absolute Gasteiger partial charge is 0.332 e. The molecule has 11 nitrogen and oxygen atoms in total. The molecule has 5 N–H and O–H groups in total. The van der Waals surface area contributed by atoms with Gasteiger partial charge in [-0.25, -0.2) is 4.79 Å². The molecule has 1 heterocycles. The van der Waals surface area contributed by atoms with E-state index < -0.39 is 60.3 Å². The molecule has 0 aromatic heterocycles. The van der Waals surface area contributed by atoms with Crippen molar-refractivity contribution >= 4 is 29.6 Å². The van der Waals surface area contributed by atoms with E-state index in [0.717, 1.165) is 36.7 Å². The van der Waals surface area contributed by atoms with E-state index in [9.17, 15) is 29.1 Å². The molecular weight excluding hydrogens is 456 g/mol. The first-order valence-electron chi connectivity index (χ1n) is 11.8. The van der Waals surface area contributed by atoms with Crippen LogP contribution in [0, 0.1) is 11.8 Å². The topological polar surface area (TPSA) is 168 Å². The number of aliphatic hydroxyl groups excluding tert-OH is 1. The molecule has 0 bridgehead atoms. The Kier molecular flexibility index (Phi) is 12.1. The molecule has 0 spiro atoms. The van der Waals surface area contributed by atoms with E-state index in [2.05, 4.69) is 24.1 Å². The lowest BCUT2D eigenvalue weighted by Gasteiger charge is -2.31. The van der Waals surface area contributed by atoms with E-state index in [1.165, 1.54) is 13.1 Å². The monoisotopic (exact) mass is 494 g/mol. The Bertz CT molecular complexity index is 842. The van der Waals surface area contributed by atoms with E-state index in [-0.39, 0.29) is 11.6 Å². The summed E-state index contributed by atoms with van der Waals surface area (Å²) in [5.41, 5.74) is 5.31. The van der Waals surface area contributed by atoms with Crippen LogP contribution >= 0.6 is 0 Å². The van der Waals surface area contributed by atoms with E-state index in [0.29, 0.717) is 6.42 Å². The van der Waals surface area contributed by atoms with E-state index in [1.54, 1.807) is 6.92 Å². The number of hydrogen-bond donors (Lipinski definition) is 4. The molecule has 5 atom stereocenters. The maximum absolute atomic E-state index is 13.1. The molecule has 0 saturated carbocycles. The zero-order valence-electron chi connectivity index (χ0n) is 20.9. The quantitative estimate of drug-likeness (QED) is 0.275. The summed E-state index contributed by atoms with van der Waals surface area (Å²) in [4.78, 5) is 63.3. The number of unbranched alkanes of at least 4 members (excludes halogenated alkanes) is 3.